The van der Waals surface area contributed by atoms with Gasteiger partial charge in [0.1, 0.15) is 14.3 Å². The van der Waals surface area contributed by atoms with E-state index < -0.39 is 8.08 Å². The van der Waals surface area contributed by atoms with Crippen LogP contribution in [0.1, 0.15) is 6.92 Å². The molecule has 1 heterocycles. The van der Waals surface area contributed by atoms with Gasteiger partial charge >= 0.3 is 0 Å². The number of rotatable bonds is 3. The molecule has 9 heteroatoms. The van der Waals surface area contributed by atoms with Crippen molar-refractivity contribution in [1.82, 2.24) is 13.2 Å². The van der Waals surface area contributed by atoms with Gasteiger partial charge in [-0.05, 0) is 12.1 Å². The molecule has 6 nitrogen and oxygen atoms in total. The van der Waals surface area contributed by atoms with Crippen molar-refractivity contribution >= 4 is 31.0 Å². The largest absolute Gasteiger partial charge is 0.415 e. The van der Waals surface area contributed by atoms with E-state index in [9.17, 15) is 4.79 Å². The number of aromatic amines is 1. The van der Waals surface area contributed by atoms with E-state index in [4.69, 9.17) is 4.52 Å². The number of hydrogen-bond acceptors (Lipinski definition) is 3. The molecule has 2 unspecified atom stereocenters. The Morgan fingerprint density at radius 1 is 1.59 bits per heavy atom. The molecular weight excluding hydrogens is 277 g/mol. The Labute approximate surface area is 102 Å². The quantitative estimate of drug-likeness (QED) is 0.912. The van der Waals surface area contributed by atoms with Crippen LogP contribution in [-0.2, 0) is 4.79 Å². The summed E-state index contributed by atoms with van der Waals surface area (Å²) in [6, 6.07) is 9.45. The molecule has 1 aromatic carbocycles. The van der Waals surface area contributed by atoms with Crippen molar-refractivity contribution in [3.05, 3.63) is 30.3 Å². The molecule has 90 valence electrons. The van der Waals surface area contributed by atoms with Crippen LogP contribution < -0.4 is 9.95 Å². The Bertz CT molecular complexity index is 525. The minimum Gasteiger partial charge on any atom is -0.415 e. The van der Waals surface area contributed by atoms with Crippen molar-refractivity contribution in [2.75, 3.05) is 5.43 Å². The molecule has 0 bridgehead atoms. The van der Waals surface area contributed by atoms with Crippen LogP contribution in [-0.4, -0.2) is 19.1 Å². The van der Waals surface area contributed by atoms with Crippen molar-refractivity contribution < 1.29 is 9.32 Å². The summed E-state index contributed by atoms with van der Waals surface area (Å²) in [5, 5.41) is 0. The monoisotopic (exact) mass is 288 g/mol. The van der Waals surface area contributed by atoms with Gasteiger partial charge in [0, 0.05) is 15.4 Å². The van der Waals surface area contributed by atoms with Crippen LogP contribution in [0, 0.1) is 0 Å². The summed E-state index contributed by atoms with van der Waals surface area (Å²) in [5.74, 6) is 0.622. The fourth-order valence-electron chi connectivity index (χ4n) is 1.07. The van der Waals surface area contributed by atoms with Crippen LogP contribution in [0.4, 0.5) is 0 Å². The van der Waals surface area contributed by atoms with Crippen molar-refractivity contribution in [2.24, 2.45) is 0 Å². The smallest absolute Gasteiger partial charge is 0.286 e. The number of nitrogens with zero attached hydrogens (tertiary/aromatic N) is 2. The number of H-pyrrole nitrogens is 1. The molecule has 2 N–H and O–H groups in total. The Hall–Kier alpha value is -1.21. The van der Waals surface area contributed by atoms with Gasteiger partial charge in [-0.2, -0.15) is 4.20 Å². The molecule has 0 aliphatic heterocycles. The number of amides is 1. The fourth-order valence-corrected chi connectivity index (χ4v) is 5.04. The van der Waals surface area contributed by atoms with Gasteiger partial charge in [-0.25, -0.2) is 0 Å². The number of para-hydroxylation sites is 1. The average molecular weight is 288 g/mol. The zero-order chi connectivity index (χ0) is 12.1. The van der Waals surface area contributed by atoms with E-state index >= 15 is 0 Å². The molecule has 1 amide bonds. The summed E-state index contributed by atoms with van der Waals surface area (Å²) < 4.78 is 14.8. The highest BCUT2D eigenvalue weighted by Gasteiger charge is 2.04. The van der Waals surface area contributed by atoms with Gasteiger partial charge in [-0.1, -0.05) is 18.2 Å². The summed E-state index contributed by atoms with van der Waals surface area (Å²) in [6.07, 6.45) is 0. The molecule has 0 saturated heterocycles. The number of nitrogens with one attached hydrogen (secondary N) is 2. The molecule has 0 aliphatic rings. The fraction of sp³-hybridized carbons (Fsp3) is 0.125. The molecule has 0 spiro atoms. The van der Waals surface area contributed by atoms with Gasteiger partial charge in [0.25, 0.3) is 8.08 Å². The highest BCUT2D eigenvalue weighted by molar-refractivity contribution is 7.51. The van der Waals surface area contributed by atoms with E-state index in [2.05, 4.69) is 14.4 Å². The number of benzene rings is 1. The van der Waals surface area contributed by atoms with Gasteiger partial charge < -0.3 is 9.03 Å². The van der Waals surface area contributed by atoms with Crippen LogP contribution >= 0.6 is 25.1 Å². The van der Waals surface area contributed by atoms with E-state index in [0.717, 1.165) is 14.3 Å². The summed E-state index contributed by atoms with van der Waals surface area (Å²) >= 11 is 0. The maximum Gasteiger partial charge on any atom is 0.286 e. The molecule has 2 rings (SSSR count). The first-order valence-electron chi connectivity index (χ1n) is 4.77. The van der Waals surface area contributed by atoms with Crippen molar-refractivity contribution in [2.45, 2.75) is 6.92 Å². The summed E-state index contributed by atoms with van der Waals surface area (Å²) in [6.45, 7) is 1.47. The summed E-state index contributed by atoms with van der Waals surface area (Å²) in [7, 11) is -0.130. The summed E-state index contributed by atoms with van der Waals surface area (Å²) in [4.78, 5) is 11.0. The number of aromatic nitrogens is 3. The second kappa shape index (κ2) is 5.92. The Morgan fingerprint density at radius 2 is 2.35 bits per heavy atom. The standard InChI is InChI=1S/C8H11N4O2P3/c1-7(13)9-12-16-10-15-11-17(12)14-8-5-3-2-4-6-8/h2-6,16H,1H3,(H,9,13)(H,10,11). The topological polar surface area (TPSA) is 71.9 Å². The van der Waals surface area contributed by atoms with E-state index in [1.165, 1.54) is 6.92 Å². The third-order valence-electron chi connectivity index (χ3n) is 1.69. The molecule has 0 fully saturated rings. The first kappa shape index (κ1) is 12.3. The average Bonchev–Trinajstić information content (AvgIpc) is 2.32. The molecular formula is C8H11N4O2P3. The van der Waals surface area contributed by atoms with E-state index in [0.29, 0.717) is 0 Å². The second-order valence-electron chi connectivity index (χ2n) is 3.05. The first-order valence-corrected chi connectivity index (χ1v) is 7.73. The van der Waals surface area contributed by atoms with Crippen LogP contribution in [0.2, 0.25) is 0 Å². The maximum atomic E-state index is 11.0. The van der Waals surface area contributed by atoms with E-state index in [1.54, 1.807) is 4.20 Å². The molecule has 1 aromatic heterocycles. The van der Waals surface area contributed by atoms with Crippen LogP contribution in [0.15, 0.2) is 30.3 Å². The lowest BCUT2D eigenvalue weighted by atomic mass is 10.3. The summed E-state index contributed by atoms with van der Waals surface area (Å²) in [5.41, 5.74) is 2.70. The Balaban J connectivity index is 2.23. The Morgan fingerprint density at radius 3 is 3.06 bits per heavy atom. The lowest BCUT2D eigenvalue weighted by Gasteiger charge is -2.11. The lowest BCUT2D eigenvalue weighted by Crippen LogP contribution is -2.17. The van der Waals surface area contributed by atoms with Gasteiger partial charge in [0.15, 0.2) is 0 Å². The van der Waals surface area contributed by atoms with Crippen LogP contribution in [0.3, 0.4) is 0 Å². The highest BCUT2D eigenvalue weighted by atomic mass is 31.2. The lowest BCUT2D eigenvalue weighted by molar-refractivity contribution is -0.114. The number of carbonyl (C=O) groups excluding carboxylic acids is 1. The molecule has 0 saturated carbocycles. The maximum absolute atomic E-state index is 11.0. The van der Waals surface area contributed by atoms with Gasteiger partial charge in [0.2, 0.25) is 5.91 Å². The van der Waals surface area contributed by atoms with Gasteiger partial charge in [-0.15, -0.1) is 4.51 Å². The normalized spacial score (nSPS) is 11.7. The van der Waals surface area contributed by atoms with Crippen molar-refractivity contribution in [1.29, 1.82) is 0 Å². The third kappa shape index (κ3) is 3.64. The van der Waals surface area contributed by atoms with Crippen LogP contribution in [0.5, 0.6) is 5.75 Å². The SMILES string of the molecule is CC(=O)Nn1[pH][nH]pnp1Oc1ccccc1. The molecule has 17 heavy (non-hydrogen) atoms. The minimum absolute atomic E-state index is 0.128. The minimum atomic E-state index is -1.18. The zero-order valence-corrected chi connectivity index (χ0v) is 11.8. The second-order valence-corrected chi connectivity index (χ2v) is 7.00. The van der Waals surface area contributed by atoms with Gasteiger partial charge in [0.05, 0.1) is 0 Å². The first-order chi connectivity index (χ1) is 8.25. The van der Waals surface area contributed by atoms with Crippen molar-refractivity contribution in [3.63, 3.8) is 0 Å². The van der Waals surface area contributed by atoms with E-state index in [1.807, 2.05) is 30.3 Å². The van der Waals surface area contributed by atoms with Crippen molar-refractivity contribution in [3.8, 4) is 5.75 Å². The third-order valence-corrected chi connectivity index (χ3v) is 5.41. The number of hydrogen-bond donors (Lipinski definition) is 2. The predicted molar refractivity (Wildman–Crippen MR) is 71.4 cm³/mol. The predicted octanol–water partition coefficient (Wildman–Crippen LogP) is 2.87. The van der Waals surface area contributed by atoms with Gasteiger partial charge in [-0.3, -0.25) is 10.2 Å². The molecule has 0 radical (unpaired) electrons. The molecule has 2 aromatic rings. The molecule has 0 aliphatic carbocycles. The molecule has 2 atom stereocenters. The number of carbonyl (C=O) groups is 1. The van der Waals surface area contributed by atoms with E-state index in [-0.39, 0.29) is 14.4 Å². The Kier molecular flexibility index (Phi) is 4.27. The zero-order valence-electron chi connectivity index (χ0n) is 8.99. The van der Waals surface area contributed by atoms with Crippen LogP contribution in [0.25, 0.3) is 0 Å². The highest BCUT2D eigenvalue weighted by Crippen LogP contribution is 2.29.